The quantitative estimate of drug-likeness (QED) is 0.0350. The summed E-state index contributed by atoms with van der Waals surface area (Å²) in [6.45, 7) is 1.45. The number of primary amides is 1. The second-order valence-corrected chi connectivity index (χ2v) is 24.2. The number of carbonyl (C=O) groups is 9. The molecule has 86 heavy (non-hydrogen) atoms. The molecule has 9 atom stereocenters. The second kappa shape index (κ2) is 33.8. The van der Waals surface area contributed by atoms with Gasteiger partial charge in [-0.3, -0.25) is 43.2 Å². The van der Waals surface area contributed by atoms with Gasteiger partial charge in [0, 0.05) is 54.6 Å². The zero-order valence-corrected chi connectivity index (χ0v) is 49.8. The third-order valence-corrected chi connectivity index (χ3v) is 16.9. The summed E-state index contributed by atoms with van der Waals surface area (Å²) >= 11 is 6.10. The van der Waals surface area contributed by atoms with E-state index >= 15 is 0 Å². The second-order valence-electron chi connectivity index (χ2n) is 21.2. The molecule has 1 saturated heterocycles. The van der Waals surface area contributed by atoms with Gasteiger partial charge in [-0.1, -0.05) is 124 Å². The van der Waals surface area contributed by atoms with Gasteiger partial charge in [0.15, 0.2) is 5.78 Å². The highest BCUT2D eigenvalue weighted by Crippen LogP contribution is 2.26. The molecule has 0 saturated carbocycles. The Balaban J connectivity index is 1.38. The van der Waals surface area contributed by atoms with Gasteiger partial charge < -0.3 is 64.4 Å². The third-order valence-electron chi connectivity index (χ3n) is 14.3. The molecule has 1 aliphatic heterocycles. The number of aromatic hydroxyl groups is 2. The molecule has 1 heterocycles. The molecule has 0 bridgehead atoms. The Hall–Kier alpha value is -7.80. The predicted molar refractivity (Wildman–Crippen MR) is 329 cm³/mol. The van der Waals surface area contributed by atoms with Gasteiger partial charge in [0.1, 0.15) is 47.5 Å². The number of amides is 7. The molecule has 1 fully saturated rings. The summed E-state index contributed by atoms with van der Waals surface area (Å²) in [5, 5.41) is 47.6. The third kappa shape index (κ3) is 21.9. The highest BCUT2D eigenvalue weighted by Gasteiger charge is 2.37. The lowest BCUT2D eigenvalue weighted by Gasteiger charge is -2.29. The molecule has 0 spiro atoms. The number of Topliss-reactive ketones (excluding diaryl/α,β-unsaturated/α-hetero) is 2. The van der Waals surface area contributed by atoms with E-state index < -0.39 is 108 Å². The molecule has 5 aromatic rings. The smallest absolute Gasteiger partial charge is 0.245 e. The minimum atomic E-state index is -1.75. The van der Waals surface area contributed by atoms with Crippen LogP contribution in [0.1, 0.15) is 66.0 Å². The van der Waals surface area contributed by atoms with Crippen molar-refractivity contribution in [3.05, 3.63) is 166 Å². The van der Waals surface area contributed by atoms with Gasteiger partial charge in [0.25, 0.3) is 0 Å². The maximum Gasteiger partial charge on any atom is 0.245 e. The van der Waals surface area contributed by atoms with E-state index in [2.05, 4.69) is 31.9 Å². The average molecular weight is 1240 g/mol. The van der Waals surface area contributed by atoms with Crippen LogP contribution in [0.25, 0.3) is 0 Å². The number of hydrogen-bond donors (Lipinski definition) is 12. The van der Waals surface area contributed by atoms with E-state index in [9.17, 15) is 58.5 Å². The van der Waals surface area contributed by atoms with Crippen molar-refractivity contribution in [2.24, 2.45) is 23.1 Å². The van der Waals surface area contributed by atoms with Gasteiger partial charge in [-0.2, -0.15) is 0 Å². The molecular weight excluding hydrogens is 1160 g/mol. The Morgan fingerprint density at radius 1 is 0.640 bits per heavy atom. The fraction of sp³-hybridized carbons (Fsp3) is 0.371. The van der Waals surface area contributed by atoms with Crippen molar-refractivity contribution in [1.29, 1.82) is 0 Å². The first-order chi connectivity index (χ1) is 41.1. The minimum Gasteiger partial charge on any atom is -0.508 e. The van der Waals surface area contributed by atoms with E-state index in [4.69, 9.17) is 28.8 Å². The molecule has 5 aromatic carbocycles. The number of nitrogens with one attached hydrogen (secondary N) is 6. The number of aliphatic hydroxyl groups excluding tert-OH is 1. The van der Waals surface area contributed by atoms with Crippen molar-refractivity contribution >= 4 is 86.1 Å². The molecule has 21 nitrogen and oxygen atoms in total. The van der Waals surface area contributed by atoms with Crippen molar-refractivity contribution in [3.8, 4) is 11.5 Å². The molecule has 1 aliphatic rings. The number of phenols is 2. The largest absolute Gasteiger partial charge is 0.508 e. The maximum atomic E-state index is 15.0. The summed E-state index contributed by atoms with van der Waals surface area (Å²) in [5.74, 6) is -8.61. The van der Waals surface area contributed by atoms with Gasteiger partial charge in [-0.15, -0.1) is 0 Å². The molecule has 6 rings (SSSR count). The number of ketones is 2. The lowest BCUT2D eigenvalue weighted by atomic mass is 9.90. The van der Waals surface area contributed by atoms with E-state index in [1.165, 1.54) is 43.3 Å². The Bertz CT molecular complexity index is 3110. The molecule has 0 unspecified atom stereocenters. The Morgan fingerprint density at radius 2 is 1.17 bits per heavy atom. The fourth-order valence-electron chi connectivity index (χ4n) is 9.39. The standard InChI is InChI=1S/C62H74ClN9O12S2/c1-36(73)55-62(84)71-53(61(83)68-50(56(66)78)31-42-18-24-46(75)25-19-42)35-86-85-34-52(70-58(80)48(65)30-40-14-20-44(63)21-15-40)54(77)33-43(27-38-16-22-45(74)23-17-38)57(79)69-51(60(82)67-49(59(81)72-55)9-5-6-26-64)32-41-12-10-39(11-13-41)29-47(76)28-37-7-3-2-4-8-37/h2-4,7-8,10-25,36,43,48-53,55,73-75H,5-6,9,26-35,64-65H2,1H3,(H2,66,78)(H,67,82)(H,68,83)(H,69,79)(H,70,80)(H,71,84)(H,72,81)/t36-,43-,48+,49+,50-,51-,52-,53+,55+/m1/s1. The van der Waals surface area contributed by atoms with Crippen molar-refractivity contribution < 1.29 is 58.5 Å². The Labute approximate surface area is 511 Å². The van der Waals surface area contributed by atoms with E-state index in [1.54, 1.807) is 60.7 Å². The van der Waals surface area contributed by atoms with Crippen LogP contribution in [-0.4, -0.2) is 135 Å². The van der Waals surface area contributed by atoms with E-state index in [0.29, 0.717) is 45.7 Å². The van der Waals surface area contributed by atoms with Gasteiger partial charge in [-0.05, 0) is 115 Å². The van der Waals surface area contributed by atoms with Crippen LogP contribution in [0.4, 0.5) is 0 Å². The Kier molecular flexibility index (Phi) is 26.4. The van der Waals surface area contributed by atoms with Gasteiger partial charge >= 0.3 is 0 Å². The molecule has 7 amide bonds. The number of benzene rings is 5. The molecular formula is C62H74ClN9O12S2. The lowest BCUT2D eigenvalue weighted by Crippen LogP contribution is -2.62. The summed E-state index contributed by atoms with van der Waals surface area (Å²) in [7, 11) is 1.99. The molecule has 0 aliphatic carbocycles. The van der Waals surface area contributed by atoms with Gasteiger partial charge in [0.2, 0.25) is 41.4 Å². The van der Waals surface area contributed by atoms with Crippen LogP contribution in [0, 0.1) is 5.92 Å². The van der Waals surface area contributed by atoms with Crippen LogP contribution in [0.15, 0.2) is 127 Å². The number of hydrogen-bond acceptors (Lipinski definition) is 16. The first-order valence-corrected chi connectivity index (χ1v) is 31.0. The number of halogens is 1. The topological polar surface area (TPSA) is 365 Å². The number of carbonyl (C=O) groups excluding carboxylic acids is 9. The first kappa shape index (κ1) is 67.3. The Morgan fingerprint density at radius 3 is 1.79 bits per heavy atom. The highest BCUT2D eigenvalue weighted by molar-refractivity contribution is 8.76. The van der Waals surface area contributed by atoms with Crippen LogP contribution in [0.2, 0.25) is 5.02 Å². The maximum absolute atomic E-state index is 15.0. The van der Waals surface area contributed by atoms with E-state index in [0.717, 1.165) is 27.2 Å². The molecule has 15 N–H and O–H groups in total. The highest BCUT2D eigenvalue weighted by atomic mass is 35.5. The molecule has 458 valence electrons. The molecule has 24 heteroatoms. The number of rotatable bonds is 22. The summed E-state index contributed by atoms with van der Waals surface area (Å²) in [6, 6.07) is 24.6. The molecule has 0 aromatic heterocycles. The first-order valence-electron chi connectivity index (χ1n) is 28.1. The summed E-state index contributed by atoms with van der Waals surface area (Å²) in [4.78, 5) is 128. The van der Waals surface area contributed by atoms with E-state index in [1.807, 2.05) is 30.3 Å². The number of nitrogens with two attached hydrogens (primary N) is 3. The summed E-state index contributed by atoms with van der Waals surface area (Å²) in [6.07, 6.45) is -1.44. The van der Waals surface area contributed by atoms with Crippen LogP contribution >= 0.6 is 33.2 Å². The zero-order valence-electron chi connectivity index (χ0n) is 47.5. The molecule has 0 radical (unpaired) electrons. The number of aliphatic hydroxyl groups is 1. The SMILES string of the molecule is C[C@@H](O)[C@@H]1NC(=O)[C@H](CCCCN)NC(=O)[C@@H](Cc2ccc(CC(=O)Cc3ccccc3)cc2)NC(=O)[C@H](Cc2ccc(O)cc2)CC(=O)[C@H](NC(=O)[C@@H](N)Cc2ccc(Cl)cc2)CSSC[C@@H](C(=O)N[C@H](Cc2ccc(O)cc2)C(N)=O)NC1=O. The van der Waals surface area contributed by atoms with E-state index in [-0.39, 0.29) is 80.3 Å². The van der Waals surface area contributed by atoms with Crippen LogP contribution in [0.3, 0.4) is 0 Å². The van der Waals surface area contributed by atoms with Crippen molar-refractivity contribution in [3.63, 3.8) is 0 Å². The van der Waals surface area contributed by atoms with Crippen molar-refractivity contribution in [2.45, 2.75) is 120 Å². The van der Waals surface area contributed by atoms with Crippen LogP contribution in [-0.2, 0) is 81.7 Å². The van der Waals surface area contributed by atoms with Crippen molar-refractivity contribution in [2.75, 3.05) is 18.1 Å². The van der Waals surface area contributed by atoms with Crippen LogP contribution in [0.5, 0.6) is 11.5 Å². The van der Waals surface area contributed by atoms with Gasteiger partial charge in [0.05, 0.1) is 18.2 Å². The van der Waals surface area contributed by atoms with Crippen LogP contribution < -0.4 is 49.1 Å². The summed E-state index contributed by atoms with van der Waals surface area (Å²) in [5.41, 5.74) is 21.8. The fourth-order valence-corrected chi connectivity index (χ4v) is 11.9. The average Bonchev–Trinajstić information content (AvgIpc) is 3.64. The van der Waals surface area contributed by atoms with Crippen molar-refractivity contribution in [1.82, 2.24) is 31.9 Å². The summed E-state index contributed by atoms with van der Waals surface area (Å²) < 4.78 is 0. The lowest BCUT2D eigenvalue weighted by molar-refractivity contribution is -0.137. The predicted octanol–water partition coefficient (Wildman–Crippen LogP) is 2.58. The zero-order chi connectivity index (χ0) is 62.3. The number of phenolic OH excluding ortho intramolecular Hbond substituents is 2. The monoisotopic (exact) mass is 1240 g/mol. The minimum absolute atomic E-state index is 0.0296. The van der Waals surface area contributed by atoms with Gasteiger partial charge in [-0.25, -0.2) is 0 Å². The number of unbranched alkanes of at least 4 members (excludes halogenated alkanes) is 1. The normalized spacial score (nSPS) is 20.4.